The van der Waals surface area contributed by atoms with Crippen molar-refractivity contribution in [1.82, 2.24) is 0 Å². The number of rotatable bonds is 8. The molecule has 0 aliphatic rings. The minimum atomic E-state index is 0.673. The van der Waals surface area contributed by atoms with E-state index in [-0.39, 0.29) is 0 Å². The quantitative estimate of drug-likeness (QED) is 0.528. The van der Waals surface area contributed by atoms with Gasteiger partial charge in [0.2, 0.25) is 0 Å². The molecule has 11 heavy (non-hydrogen) atoms. The molecule has 3 heteroatoms. The average molecular weight is 177 g/mol. The highest BCUT2D eigenvalue weighted by atomic mass is 32.1. The summed E-state index contributed by atoms with van der Waals surface area (Å²) in [4.78, 5) is 0. The average Bonchev–Trinajstić information content (AvgIpc) is 2.03. The SMILES string of the molecule is CCCCOCCOCC[S]. The highest BCUT2D eigenvalue weighted by Crippen LogP contribution is 1.87. The maximum atomic E-state index is 5.26. The number of hydrogen-bond acceptors (Lipinski definition) is 2. The predicted octanol–water partition coefficient (Wildman–Crippen LogP) is 2.02. The van der Waals surface area contributed by atoms with E-state index < -0.39 is 0 Å². The first-order valence-electron chi connectivity index (χ1n) is 4.15. The third-order valence-corrected chi connectivity index (χ3v) is 1.41. The van der Waals surface area contributed by atoms with Crippen molar-refractivity contribution in [3.05, 3.63) is 0 Å². The van der Waals surface area contributed by atoms with Gasteiger partial charge in [0.05, 0.1) is 19.8 Å². The van der Waals surface area contributed by atoms with Crippen LogP contribution in [0.2, 0.25) is 0 Å². The smallest absolute Gasteiger partial charge is 0.0700 e. The Morgan fingerprint density at radius 3 is 2.18 bits per heavy atom. The minimum Gasteiger partial charge on any atom is -0.379 e. The molecule has 0 N–H and O–H groups in total. The highest BCUT2D eigenvalue weighted by molar-refractivity contribution is 7.80. The molecule has 1 radical (unpaired) electrons. The summed E-state index contributed by atoms with van der Waals surface area (Å²) in [6.45, 7) is 5.06. The van der Waals surface area contributed by atoms with Crippen LogP contribution in [0.1, 0.15) is 19.8 Å². The summed E-state index contributed by atoms with van der Waals surface area (Å²) < 4.78 is 10.4. The lowest BCUT2D eigenvalue weighted by atomic mass is 10.4. The first-order chi connectivity index (χ1) is 5.41. The summed E-state index contributed by atoms with van der Waals surface area (Å²) in [5.74, 6) is 0.676. The molecule has 0 spiro atoms. The fourth-order valence-corrected chi connectivity index (χ4v) is 0.745. The van der Waals surface area contributed by atoms with E-state index in [1.165, 1.54) is 6.42 Å². The standard InChI is InChI=1S/C8H17O2S/c1-2-3-4-9-5-6-10-7-8-11/h2-8H2,1H3. The normalized spacial score (nSPS) is 10.4. The van der Waals surface area contributed by atoms with E-state index in [9.17, 15) is 0 Å². The van der Waals surface area contributed by atoms with Gasteiger partial charge in [-0.3, -0.25) is 0 Å². The van der Waals surface area contributed by atoms with E-state index >= 15 is 0 Å². The molecule has 0 saturated heterocycles. The Morgan fingerprint density at radius 2 is 1.64 bits per heavy atom. The van der Waals surface area contributed by atoms with E-state index in [0.29, 0.717) is 25.6 Å². The molecule has 0 heterocycles. The topological polar surface area (TPSA) is 18.5 Å². The summed E-state index contributed by atoms with van der Waals surface area (Å²) in [7, 11) is 0. The van der Waals surface area contributed by atoms with Gasteiger partial charge in [-0.25, -0.2) is 0 Å². The first-order valence-corrected chi connectivity index (χ1v) is 4.73. The zero-order valence-electron chi connectivity index (χ0n) is 7.17. The second kappa shape index (κ2) is 10.3. The monoisotopic (exact) mass is 177 g/mol. The van der Waals surface area contributed by atoms with Crippen molar-refractivity contribution in [2.24, 2.45) is 0 Å². The van der Waals surface area contributed by atoms with Crippen molar-refractivity contribution in [2.75, 3.05) is 32.2 Å². The van der Waals surface area contributed by atoms with E-state index in [1.807, 2.05) is 0 Å². The molecular weight excluding hydrogens is 160 g/mol. The second-order valence-corrected chi connectivity index (χ2v) is 2.69. The minimum absolute atomic E-state index is 0.673. The Bertz CT molecular complexity index is 61.1. The van der Waals surface area contributed by atoms with Crippen LogP contribution >= 0.6 is 12.6 Å². The molecule has 0 aliphatic heterocycles. The van der Waals surface area contributed by atoms with Gasteiger partial charge in [0.1, 0.15) is 0 Å². The molecule has 0 rings (SSSR count). The molecule has 0 aromatic rings. The lowest BCUT2D eigenvalue weighted by molar-refractivity contribution is 0.0528. The molecular formula is C8H17O2S. The van der Waals surface area contributed by atoms with E-state index in [1.54, 1.807) is 0 Å². The zero-order chi connectivity index (χ0) is 8.36. The van der Waals surface area contributed by atoms with Crippen molar-refractivity contribution in [3.8, 4) is 0 Å². The molecule has 67 valence electrons. The molecule has 0 bridgehead atoms. The van der Waals surface area contributed by atoms with Crippen molar-refractivity contribution < 1.29 is 9.47 Å². The number of ether oxygens (including phenoxy) is 2. The Balaban J connectivity index is 2.69. The third kappa shape index (κ3) is 10.3. The van der Waals surface area contributed by atoms with Crippen LogP contribution in [-0.4, -0.2) is 32.2 Å². The van der Waals surface area contributed by atoms with Crippen molar-refractivity contribution in [1.29, 1.82) is 0 Å². The molecule has 0 aromatic heterocycles. The second-order valence-electron chi connectivity index (χ2n) is 2.28. The Labute approximate surface area is 74.7 Å². The summed E-state index contributed by atoms with van der Waals surface area (Å²) in [5.41, 5.74) is 0. The van der Waals surface area contributed by atoms with Gasteiger partial charge in [0.25, 0.3) is 0 Å². The maximum absolute atomic E-state index is 5.26. The number of hydrogen-bond donors (Lipinski definition) is 0. The van der Waals surface area contributed by atoms with Gasteiger partial charge < -0.3 is 9.47 Å². The number of unbranched alkanes of at least 4 members (excludes halogenated alkanes) is 1. The Kier molecular flexibility index (Phi) is 10.5. The fraction of sp³-hybridized carbons (Fsp3) is 1.00. The van der Waals surface area contributed by atoms with Crippen LogP contribution in [0.5, 0.6) is 0 Å². The third-order valence-electron chi connectivity index (χ3n) is 1.24. The van der Waals surface area contributed by atoms with Crippen molar-refractivity contribution in [2.45, 2.75) is 19.8 Å². The lowest BCUT2D eigenvalue weighted by Gasteiger charge is -2.02. The molecule has 0 saturated carbocycles. The van der Waals surface area contributed by atoms with Crippen LogP contribution in [0.3, 0.4) is 0 Å². The lowest BCUT2D eigenvalue weighted by Crippen LogP contribution is -2.06. The van der Waals surface area contributed by atoms with E-state index in [4.69, 9.17) is 22.1 Å². The molecule has 2 nitrogen and oxygen atoms in total. The molecule has 0 aromatic carbocycles. The highest BCUT2D eigenvalue weighted by Gasteiger charge is 1.87. The van der Waals surface area contributed by atoms with Crippen LogP contribution < -0.4 is 0 Å². The van der Waals surface area contributed by atoms with Crippen LogP contribution in [0, 0.1) is 0 Å². The first kappa shape index (κ1) is 11.3. The van der Waals surface area contributed by atoms with Crippen molar-refractivity contribution in [3.63, 3.8) is 0 Å². The maximum Gasteiger partial charge on any atom is 0.0700 e. The van der Waals surface area contributed by atoms with E-state index in [0.717, 1.165) is 13.0 Å². The van der Waals surface area contributed by atoms with Gasteiger partial charge in [-0.05, 0) is 6.42 Å². The Morgan fingerprint density at radius 1 is 1.00 bits per heavy atom. The summed E-state index contributed by atoms with van der Waals surface area (Å²) >= 11 is 4.71. The van der Waals surface area contributed by atoms with Gasteiger partial charge in [-0.1, -0.05) is 26.0 Å². The summed E-state index contributed by atoms with van der Waals surface area (Å²) in [5, 5.41) is 0. The van der Waals surface area contributed by atoms with Gasteiger partial charge in [-0.2, -0.15) is 0 Å². The van der Waals surface area contributed by atoms with Crippen molar-refractivity contribution >= 4 is 12.6 Å². The molecule has 0 amide bonds. The predicted molar refractivity (Wildman–Crippen MR) is 49.0 cm³/mol. The molecule has 0 fully saturated rings. The van der Waals surface area contributed by atoms with Gasteiger partial charge in [0, 0.05) is 12.4 Å². The molecule has 0 aliphatic carbocycles. The van der Waals surface area contributed by atoms with Crippen LogP contribution in [0.25, 0.3) is 0 Å². The zero-order valence-corrected chi connectivity index (χ0v) is 7.99. The molecule has 0 unspecified atom stereocenters. The van der Waals surface area contributed by atoms with Gasteiger partial charge in [-0.15, -0.1) is 0 Å². The van der Waals surface area contributed by atoms with Crippen LogP contribution in [0.15, 0.2) is 0 Å². The Hall–Kier alpha value is 0.270. The van der Waals surface area contributed by atoms with E-state index in [2.05, 4.69) is 6.92 Å². The van der Waals surface area contributed by atoms with Crippen LogP contribution in [0.4, 0.5) is 0 Å². The summed E-state index contributed by atoms with van der Waals surface area (Å²) in [6, 6.07) is 0. The van der Waals surface area contributed by atoms with Gasteiger partial charge in [0.15, 0.2) is 0 Å². The summed E-state index contributed by atoms with van der Waals surface area (Å²) in [6.07, 6.45) is 2.33. The molecule has 0 atom stereocenters. The fourth-order valence-electron chi connectivity index (χ4n) is 0.627. The largest absolute Gasteiger partial charge is 0.379 e. The van der Waals surface area contributed by atoms with Gasteiger partial charge >= 0.3 is 0 Å². The van der Waals surface area contributed by atoms with Crippen LogP contribution in [-0.2, 0) is 9.47 Å².